The summed E-state index contributed by atoms with van der Waals surface area (Å²) in [5.41, 5.74) is 8.17. The predicted molar refractivity (Wildman–Crippen MR) is 91.0 cm³/mol. The van der Waals surface area contributed by atoms with E-state index in [1.807, 2.05) is 36.1 Å². The lowest BCUT2D eigenvalue weighted by molar-refractivity contribution is 0.0737. The van der Waals surface area contributed by atoms with E-state index in [4.69, 9.17) is 5.73 Å². The molecule has 0 spiro atoms. The van der Waals surface area contributed by atoms with Crippen LogP contribution in [0.2, 0.25) is 0 Å². The van der Waals surface area contributed by atoms with Gasteiger partial charge in [-0.3, -0.25) is 4.79 Å². The molecule has 23 heavy (non-hydrogen) atoms. The molecule has 6 nitrogen and oxygen atoms in total. The summed E-state index contributed by atoms with van der Waals surface area (Å²) in [7, 11) is 0. The second kappa shape index (κ2) is 7.10. The average molecular weight is 336 g/mol. The summed E-state index contributed by atoms with van der Waals surface area (Å²) in [6.45, 7) is 5.40. The van der Waals surface area contributed by atoms with Gasteiger partial charge in [0.05, 0.1) is 11.9 Å². The van der Waals surface area contributed by atoms with Gasteiger partial charge in [0.2, 0.25) is 0 Å². The SMILES string of the molecule is Cc1ccc(-n2cc(C(=O)N3CC(CN)CC3C)nn2)cc1.Cl. The molecule has 2 aromatic rings. The summed E-state index contributed by atoms with van der Waals surface area (Å²) >= 11 is 0. The van der Waals surface area contributed by atoms with Gasteiger partial charge in [0.25, 0.3) is 5.91 Å². The molecule has 3 rings (SSSR count). The predicted octanol–water partition coefficient (Wildman–Crippen LogP) is 1.81. The van der Waals surface area contributed by atoms with Crippen molar-refractivity contribution in [2.45, 2.75) is 26.3 Å². The van der Waals surface area contributed by atoms with Crippen LogP contribution in [0, 0.1) is 12.8 Å². The fourth-order valence-corrected chi connectivity index (χ4v) is 2.93. The van der Waals surface area contributed by atoms with E-state index in [9.17, 15) is 4.79 Å². The third-order valence-electron chi connectivity index (χ3n) is 4.27. The first-order chi connectivity index (χ1) is 10.6. The molecule has 2 unspecified atom stereocenters. The Bertz CT molecular complexity index is 669. The van der Waals surface area contributed by atoms with Crippen molar-refractivity contribution in [1.29, 1.82) is 0 Å². The lowest BCUT2D eigenvalue weighted by Crippen LogP contribution is -2.34. The van der Waals surface area contributed by atoms with Gasteiger partial charge in [-0.25, -0.2) is 4.68 Å². The lowest BCUT2D eigenvalue weighted by atomic mass is 10.1. The highest BCUT2D eigenvalue weighted by Gasteiger charge is 2.33. The van der Waals surface area contributed by atoms with E-state index in [1.54, 1.807) is 10.9 Å². The number of rotatable bonds is 3. The molecule has 1 saturated heterocycles. The highest BCUT2D eigenvalue weighted by molar-refractivity contribution is 5.92. The van der Waals surface area contributed by atoms with Gasteiger partial charge >= 0.3 is 0 Å². The maximum Gasteiger partial charge on any atom is 0.276 e. The van der Waals surface area contributed by atoms with Gasteiger partial charge in [0.15, 0.2) is 5.69 Å². The average Bonchev–Trinajstić information content (AvgIpc) is 3.14. The highest BCUT2D eigenvalue weighted by atomic mass is 35.5. The first-order valence-corrected chi connectivity index (χ1v) is 7.59. The van der Waals surface area contributed by atoms with Crippen LogP contribution in [0.5, 0.6) is 0 Å². The summed E-state index contributed by atoms with van der Waals surface area (Å²) in [6, 6.07) is 8.13. The topological polar surface area (TPSA) is 77.0 Å². The van der Waals surface area contributed by atoms with E-state index in [0.717, 1.165) is 12.1 Å². The Morgan fingerprint density at radius 3 is 2.65 bits per heavy atom. The minimum atomic E-state index is -0.0678. The minimum absolute atomic E-state index is 0. The number of amides is 1. The first-order valence-electron chi connectivity index (χ1n) is 7.59. The zero-order chi connectivity index (χ0) is 15.7. The Hall–Kier alpha value is -1.92. The fourth-order valence-electron chi connectivity index (χ4n) is 2.93. The van der Waals surface area contributed by atoms with Crippen molar-refractivity contribution in [2.24, 2.45) is 11.7 Å². The Labute approximate surface area is 142 Å². The molecule has 0 aliphatic carbocycles. The highest BCUT2D eigenvalue weighted by Crippen LogP contribution is 2.23. The number of benzene rings is 1. The second-order valence-electron chi connectivity index (χ2n) is 6.03. The number of aromatic nitrogens is 3. The van der Waals surface area contributed by atoms with Crippen molar-refractivity contribution in [2.75, 3.05) is 13.1 Å². The monoisotopic (exact) mass is 335 g/mol. The number of halogens is 1. The molecule has 2 atom stereocenters. The van der Waals surface area contributed by atoms with Crippen LogP contribution in [-0.4, -0.2) is 44.9 Å². The number of aryl methyl sites for hydroxylation is 1. The first kappa shape index (κ1) is 17.4. The zero-order valence-corrected chi connectivity index (χ0v) is 14.2. The quantitative estimate of drug-likeness (QED) is 0.928. The number of nitrogens with two attached hydrogens (primary N) is 1. The summed E-state index contributed by atoms with van der Waals surface area (Å²) in [4.78, 5) is 14.4. The van der Waals surface area contributed by atoms with Gasteiger partial charge in [-0.15, -0.1) is 17.5 Å². The fraction of sp³-hybridized carbons (Fsp3) is 0.438. The molecule has 124 valence electrons. The molecule has 1 aliphatic rings. The number of nitrogens with zero attached hydrogens (tertiary/aromatic N) is 4. The van der Waals surface area contributed by atoms with Crippen LogP contribution in [0.15, 0.2) is 30.5 Å². The van der Waals surface area contributed by atoms with Crippen LogP contribution in [0.4, 0.5) is 0 Å². The van der Waals surface area contributed by atoms with Crippen LogP contribution in [0.1, 0.15) is 29.4 Å². The molecule has 1 aromatic carbocycles. The standard InChI is InChI=1S/C16H21N5O.ClH/c1-11-3-5-14(6-4-11)21-10-15(18-19-21)16(22)20-9-13(8-17)7-12(20)2;/h3-6,10,12-13H,7-9,17H2,1-2H3;1H. The molecule has 1 aromatic heterocycles. The Balaban J connectivity index is 0.00000192. The molecule has 2 N–H and O–H groups in total. The van der Waals surface area contributed by atoms with Crippen molar-refractivity contribution in [3.8, 4) is 5.69 Å². The van der Waals surface area contributed by atoms with Gasteiger partial charge in [0, 0.05) is 12.6 Å². The summed E-state index contributed by atoms with van der Waals surface area (Å²) in [5, 5.41) is 8.10. The van der Waals surface area contributed by atoms with Crippen LogP contribution < -0.4 is 5.73 Å². The number of likely N-dealkylation sites (tertiary alicyclic amines) is 1. The van der Waals surface area contributed by atoms with Gasteiger partial charge in [0.1, 0.15) is 0 Å². The van der Waals surface area contributed by atoms with E-state index < -0.39 is 0 Å². The van der Waals surface area contributed by atoms with Gasteiger partial charge in [-0.05, 0) is 44.9 Å². The lowest BCUT2D eigenvalue weighted by Gasteiger charge is -2.19. The summed E-state index contributed by atoms with van der Waals surface area (Å²) in [5.74, 6) is 0.313. The van der Waals surface area contributed by atoms with E-state index in [2.05, 4.69) is 17.2 Å². The number of hydrogen-bond donors (Lipinski definition) is 1. The third kappa shape index (κ3) is 3.54. The Morgan fingerprint density at radius 2 is 2.04 bits per heavy atom. The summed E-state index contributed by atoms with van der Waals surface area (Å²) in [6.07, 6.45) is 2.64. The van der Waals surface area contributed by atoms with Gasteiger partial charge < -0.3 is 10.6 Å². The van der Waals surface area contributed by atoms with Crippen LogP contribution in [-0.2, 0) is 0 Å². The maximum atomic E-state index is 12.6. The van der Waals surface area contributed by atoms with E-state index in [1.165, 1.54) is 5.56 Å². The van der Waals surface area contributed by atoms with E-state index in [-0.39, 0.29) is 24.4 Å². The van der Waals surface area contributed by atoms with Crippen molar-refractivity contribution < 1.29 is 4.79 Å². The molecule has 0 saturated carbocycles. The number of carbonyl (C=O) groups is 1. The van der Waals surface area contributed by atoms with Crippen molar-refractivity contribution in [3.63, 3.8) is 0 Å². The van der Waals surface area contributed by atoms with E-state index >= 15 is 0 Å². The maximum absolute atomic E-state index is 12.6. The molecule has 2 heterocycles. The zero-order valence-electron chi connectivity index (χ0n) is 13.3. The third-order valence-corrected chi connectivity index (χ3v) is 4.27. The van der Waals surface area contributed by atoms with Crippen LogP contribution in [0.3, 0.4) is 0 Å². The van der Waals surface area contributed by atoms with E-state index in [0.29, 0.717) is 24.7 Å². The van der Waals surface area contributed by atoms with Gasteiger partial charge in [-0.2, -0.15) is 0 Å². The Kier molecular flexibility index (Phi) is 5.38. The Morgan fingerprint density at radius 1 is 1.35 bits per heavy atom. The van der Waals surface area contributed by atoms with Crippen molar-refractivity contribution >= 4 is 18.3 Å². The largest absolute Gasteiger partial charge is 0.334 e. The van der Waals surface area contributed by atoms with Gasteiger partial charge in [-0.1, -0.05) is 22.9 Å². The molecule has 1 amide bonds. The van der Waals surface area contributed by atoms with Crippen molar-refractivity contribution in [3.05, 3.63) is 41.7 Å². The second-order valence-corrected chi connectivity index (χ2v) is 6.03. The number of hydrogen-bond acceptors (Lipinski definition) is 4. The smallest absolute Gasteiger partial charge is 0.276 e. The molecule has 1 aliphatic heterocycles. The molecule has 0 bridgehead atoms. The molecule has 0 radical (unpaired) electrons. The normalized spacial score (nSPS) is 20.4. The van der Waals surface area contributed by atoms with Crippen LogP contribution in [0.25, 0.3) is 5.69 Å². The molecular weight excluding hydrogens is 314 g/mol. The molecule has 1 fully saturated rings. The molecular formula is C16H22ClN5O. The minimum Gasteiger partial charge on any atom is -0.334 e. The number of carbonyl (C=O) groups excluding carboxylic acids is 1. The molecule has 7 heteroatoms. The van der Waals surface area contributed by atoms with Crippen molar-refractivity contribution in [1.82, 2.24) is 19.9 Å². The van der Waals surface area contributed by atoms with Crippen LogP contribution >= 0.6 is 12.4 Å². The summed E-state index contributed by atoms with van der Waals surface area (Å²) < 4.78 is 1.63.